The lowest BCUT2D eigenvalue weighted by molar-refractivity contribution is 0.353. The Labute approximate surface area is 194 Å². The van der Waals surface area contributed by atoms with Gasteiger partial charge >= 0.3 is 0 Å². The molecule has 1 aliphatic rings. The van der Waals surface area contributed by atoms with Crippen LogP contribution >= 0.6 is 0 Å². The highest BCUT2D eigenvalue weighted by Crippen LogP contribution is 2.31. The van der Waals surface area contributed by atoms with Crippen molar-refractivity contribution < 1.29 is 17.9 Å². The van der Waals surface area contributed by atoms with E-state index in [0.717, 1.165) is 17.1 Å². The van der Waals surface area contributed by atoms with Gasteiger partial charge in [0.25, 0.3) is 0 Å². The summed E-state index contributed by atoms with van der Waals surface area (Å²) < 4.78 is 38.2. The van der Waals surface area contributed by atoms with Crippen LogP contribution in [0.15, 0.2) is 53.4 Å². The second-order valence-electron chi connectivity index (χ2n) is 7.98. The van der Waals surface area contributed by atoms with E-state index in [1.807, 2.05) is 18.2 Å². The molecule has 8 nitrogen and oxygen atoms in total. The molecule has 9 heteroatoms. The number of hydrogen-bond donors (Lipinski definition) is 0. The van der Waals surface area contributed by atoms with E-state index in [9.17, 15) is 8.42 Å². The van der Waals surface area contributed by atoms with Gasteiger partial charge in [0, 0.05) is 37.8 Å². The normalized spacial score (nSPS) is 14.8. The Morgan fingerprint density at radius 2 is 1.52 bits per heavy atom. The predicted octanol–water partition coefficient (Wildman–Crippen LogP) is 3.29. The minimum atomic E-state index is -3.64. The smallest absolute Gasteiger partial charge is 0.243 e. The molecule has 0 unspecified atom stereocenters. The fraction of sp³-hybridized carbons (Fsp3) is 0.333. The van der Waals surface area contributed by atoms with Crippen LogP contribution in [0.5, 0.6) is 11.5 Å². The van der Waals surface area contributed by atoms with Crippen molar-refractivity contribution in [2.24, 2.45) is 0 Å². The number of rotatable bonds is 6. The van der Waals surface area contributed by atoms with Gasteiger partial charge in [-0.2, -0.15) is 4.31 Å². The second kappa shape index (κ2) is 9.36. The Morgan fingerprint density at radius 3 is 2.12 bits per heavy atom. The molecule has 3 aromatic rings. The lowest BCUT2D eigenvalue weighted by Crippen LogP contribution is -2.49. The zero-order chi connectivity index (χ0) is 23.6. The largest absolute Gasteiger partial charge is 0.493 e. The Hall–Kier alpha value is -3.17. The number of aromatic nitrogens is 2. The van der Waals surface area contributed by atoms with Crippen LogP contribution < -0.4 is 14.4 Å². The maximum atomic E-state index is 13.1. The summed E-state index contributed by atoms with van der Waals surface area (Å²) in [7, 11) is -0.639. The molecule has 0 atom stereocenters. The molecule has 2 heterocycles. The molecule has 174 valence electrons. The average molecular weight is 469 g/mol. The van der Waals surface area contributed by atoms with E-state index in [1.165, 1.54) is 35.7 Å². The molecule has 0 amide bonds. The van der Waals surface area contributed by atoms with Gasteiger partial charge in [-0.15, -0.1) is 10.2 Å². The van der Waals surface area contributed by atoms with Crippen molar-refractivity contribution in [3.63, 3.8) is 0 Å². The molecule has 0 aliphatic carbocycles. The van der Waals surface area contributed by atoms with E-state index in [0.29, 0.717) is 37.7 Å². The van der Waals surface area contributed by atoms with Gasteiger partial charge < -0.3 is 14.4 Å². The highest BCUT2D eigenvalue weighted by Gasteiger charge is 2.30. The molecule has 2 aromatic carbocycles. The minimum absolute atomic E-state index is 0.186. The van der Waals surface area contributed by atoms with Crippen LogP contribution in [0, 0.1) is 13.8 Å². The number of benzene rings is 2. The average Bonchev–Trinajstić information content (AvgIpc) is 2.85. The van der Waals surface area contributed by atoms with Gasteiger partial charge in [0.05, 0.1) is 24.8 Å². The summed E-state index contributed by atoms with van der Waals surface area (Å²) in [6, 6.07) is 14.8. The van der Waals surface area contributed by atoms with E-state index in [2.05, 4.69) is 41.1 Å². The molecular weight excluding hydrogens is 440 g/mol. The molecule has 1 saturated heterocycles. The highest BCUT2D eigenvalue weighted by atomic mass is 32.2. The molecule has 4 rings (SSSR count). The van der Waals surface area contributed by atoms with E-state index in [-0.39, 0.29) is 4.90 Å². The molecule has 1 aromatic heterocycles. The molecule has 0 radical (unpaired) electrons. The first-order valence-electron chi connectivity index (χ1n) is 10.7. The van der Waals surface area contributed by atoms with Crippen LogP contribution in [0.25, 0.3) is 11.3 Å². The van der Waals surface area contributed by atoms with E-state index in [4.69, 9.17) is 9.47 Å². The summed E-state index contributed by atoms with van der Waals surface area (Å²) in [5, 5.41) is 8.79. The number of ether oxygens (including phenoxy) is 2. The summed E-state index contributed by atoms with van der Waals surface area (Å²) in [4.78, 5) is 2.24. The molecule has 1 aliphatic heterocycles. The van der Waals surface area contributed by atoms with E-state index < -0.39 is 10.0 Å². The standard InChI is InChI=1S/C24H28N4O4S/c1-17-5-6-19(15-18(17)2)21-8-10-24(26-25-21)27-11-13-28(14-12-27)33(29,30)20-7-9-22(31-3)23(16-20)32-4/h5-10,15-16H,11-14H2,1-4H3. The number of sulfonamides is 1. The maximum Gasteiger partial charge on any atom is 0.243 e. The highest BCUT2D eigenvalue weighted by molar-refractivity contribution is 7.89. The van der Waals surface area contributed by atoms with Crippen LogP contribution in [0.1, 0.15) is 11.1 Å². The quantitative estimate of drug-likeness (QED) is 0.549. The summed E-state index contributed by atoms with van der Waals surface area (Å²) in [5.41, 5.74) is 4.30. The monoisotopic (exact) mass is 468 g/mol. The van der Waals surface area contributed by atoms with Gasteiger partial charge in [0.1, 0.15) is 0 Å². The maximum absolute atomic E-state index is 13.1. The van der Waals surface area contributed by atoms with Crippen LogP contribution in [-0.2, 0) is 10.0 Å². The SMILES string of the molecule is COc1ccc(S(=O)(=O)N2CCN(c3ccc(-c4ccc(C)c(C)c4)nn3)CC2)cc1OC. The van der Waals surface area contributed by atoms with Gasteiger partial charge in [0.15, 0.2) is 17.3 Å². The predicted molar refractivity (Wildman–Crippen MR) is 127 cm³/mol. The first-order valence-corrected chi connectivity index (χ1v) is 12.2. The molecule has 0 N–H and O–H groups in total. The van der Waals surface area contributed by atoms with Crippen molar-refractivity contribution in [1.82, 2.24) is 14.5 Å². The summed E-state index contributed by atoms with van der Waals surface area (Å²) in [5.74, 6) is 1.62. The first-order chi connectivity index (χ1) is 15.8. The second-order valence-corrected chi connectivity index (χ2v) is 9.92. The number of anilines is 1. The molecule has 0 spiro atoms. The van der Waals surface area contributed by atoms with Gasteiger partial charge in [-0.25, -0.2) is 8.42 Å². The first kappa shape index (κ1) is 23.0. The number of aryl methyl sites for hydroxylation is 2. The van der Waals surface area contributed by atoms with Crippen molar-refractivity contribution in [2.45, 2.75) is 18.7 Å². The van der Waals surface area contributed by atoms with Gasteiger partial charge in [-0.1, -0.05) is 12.1 Å². The van der Waals surface area contributed by atoms with E-state index >= 15 is 0 Å². The fourth-order valence-corrected chi connectivity index (χ4v) is 5.27. The van der Waals surface area contributed by atoms with E-state index in [1.54, 1.807) is 12.1 Å². The van der Waals surface area contributed by atoms with Gasteiger partial charge in [-0.3, -0.25) is 0 Å². The van der Waals surface area contributed by atoms with Gasteiger partial charge in [-0.05, 0) is 55.3 Å². The third-order valence-electron chi connectivity index (χ3n) is 6.01. The topological polar surface area (TPSA) is 84.9 Å². The van der Waals surface area contributed by atoms with Crippen LogP contribution in [0.3, 0.4) is 0 Å². The van der Waals surface area contributed by atoms with Crippen LogP contribution in [-0.4, -0.2) is 63.3 Å². The van der Waals surface area contributed by atoms with Gasteiger partial charge in [0.2, 0.25) is 10.0 Å². The molecule has 0 saturated carbocycles. The fourth-order valence-electron chi connectivity index (χ4n) is 3.83. The zero-order valence-electron chi connectivity index (χ0n) is 19.3. The zero-order valence-corrected chi connectivity index (χ0v) is 20.1. The number of piperazine rings is 1. The lowest BCUT2D eigenvalue weighted by atomic mass is 10.0. The Bertz CT molecular complexity index is 1240. The van der Waals surface area contributed by atoms with Crippen LogP contribution in [0.4, 0.5) is 5.82 Å². The Morgan fingerprint density at radius 1 is 0.788 bits per heavy atom. The number of hydrogen-bond acceptors (Lipinski definition) is 7. The summed E-state index contributed by atoms with van der Waals surface area (Å²) in [6.07, 6.45) is 0. The molecule has 33 heavy (non-hydrogen) atoms. The number of methoxy groups -OCH3 is 2. The molecule has 1 fully saturated rings. The third-order valence-corrected chi connectivity index (χ3v) is 7.90. The molecule has 0 bridgehead atoms. The molecular formula is C24H28N4O4S. The summed E-state index contributed by atoms with van der Waals surface area (Å²) in [6.45, 7) is 5.94. The van der Waals surface area contributed by atoms with Crippen molar-refractivity contribution in [3.05, 3.63) is 59.7 Å². The third kappa shape index (κ3) is 4.65. The van der Waals surface area contributed by atoms with Crippen molar-refractivity contribution >= 4 is 15.8 Å². The lowest BCUT2D eigenvalue weighted by Gasteiger charge is -2.34. The van der Waals surface area contributed by atoms with Crippen LogP contribution in [0.2, 0.25) is 0 Å². The summed E-state index contributed by atoms with van der Waals surface area (Å²) >= 11 is 0. The van der Waals surface area contributed by atoms with Crippen molar-refractivity contribution in [2.75, 3.05) is 45.3 Å². The Balaban J connectivity index is 1.44. The number of nitrogens with zero attached hydrogens (tertiary/aromatic N) is 4. The van der Waals surface area contributed by atoms with Crippen molar-refractivity contribution in [1.29, 1.82) is 0 Å². The minimum Gasteiger partial charge on any atom is -0.493 e. The van der Waals surface area contributed by atoms with Crippen molar-refractivity contribution in [3.8, 4) is 22.8 Å². The Kier molecular flexibility index (Phi) is 6.53.